The Morgan fingerprint density at radius 1 is 1.35 bits per heavy atom. The number of aliphatic hydroxyl groups is 1. The first kappa shape index (κ1) is 14.1. The van der Waals surface area contributed by atoms with Crippen molar-refractivity contribution in [3.63, 3.8) is 0 Å². The standard InChI is InChI=1S/C14H18N4O2/c1-8-13(9(2)18-17-8)16-14(20)15-12-6-4-5-11(7-12)10(3)19/h4-7,10,19H,1-3H3,(H,17,18)(H2,15,16,20). The molecule has 0 aliphatic rings. The van der Waals surface area contributed by atoms with Crippen LogP contribution < -0.4 is 10.6 Å². The van der Waals surface area contributed by atoms with Gasteiger partial charge in [0, 0.05) is 5.69 Å². The molecule has 20 heavy (non-hydrogen) atoms. The van der Waals surface area contributed by atoms with Crippen molar-refractivity contribution in [2.45, 2.75) is 26.9 Å². The first-order valence-corrected chi connectivity index (χ1v) is 6.35. The van der Waals surface area contributed by atoms with Crippen molar-refractivity contribution in [2.24, 2.45) is 0 Å². The topological polar surface area (TPSA) is 90.0 Å². The molecule has 2 amide bonds. The predicted octanol–water partition coefficient (Wildman–Crippen LogP) is 2.72. The maximum atomic E-state index is 11.9. The number of rotatable bonds is 3. The Balaban J connectivity index is 2.07. The Morgan fingerprint density at radius 3 is 2.70 bits per heavy atom. The van der Waals surface area contributed by atoms with E-state index < -0.39 is 6.10 Å². The van der Waals surface area contributed by atoms with Crippen LogP contribution in [0.2, 0.25) is 0 Å². The number of urea groups is 1. The van der Waals surface area contributed by atoms with Crippen molar-refractivity contribution in [1.82, 2.24) is 10.2 Å². The Kier molecular flexibility index (Phi) is 4.05. The van der Waals surface area contributed by atoms with Crippen LogP contribution in [0.1, 0.15) is 30.0 Å². The van der Waals surface area contributed by atoms with Crippen molar-refractivity contribution in [3.05, 3.63) is 41.2 Å². The van der Waals surface area contributed by atoms with Gasteiger partial charge in [0.25, 0.3) is 0 Å². The zero-order valence-corrected chi connectivity index (χ0v) is 11.7. The van der Waals surface area contributed by atoms with Gasteiger partial charge in [0.05, 0.1) is 23.2 Å². The molecule has 1 aromatic carbocycles. The minimum atomic E-state index is -0.571. The van der Waals surface area contributed by atoms with Gasteiger partial charge >= 0.3 is 6.03 Å². The third-order valence-corrected chi connectivity index (χ3v) is 2.99. The van der Waals surface area contributed by atoms with E-state index in [1.807, 2.05) is 13.8 Å². The SMILES string of the molecule is Cc1n[nH]c(C)c1NC(=O)Nc1cccc(C(C)O)c1. The third kappa shape index (κ3) is 3.16. The molecule has 0 saturated carbocycles. The van der Waals surface area contributed by atoms with Crippen LogP contribution >= 0.6 is 0 Å². The number of aromatic amines is 1. The fourth-order valence-electron chi connectivity index (χ4n) is 1.89. The van der Waals surface area contributed by atoms with Crippen LogP contribution in [0, 0.1) is 13.8 Å². The van der Waals surface area contributed by atoms with Gasteiger partial charge < -0.3 is 15.7 Å². The largest absolute Gasteiger partial charge is 0.389 e. The number of aromatic nitrogens is 2. The summed E-state index contributed by atoms with van der Waals surface area (Å²) in [6.07, 6.45) is -0.571. The minimum absolute atomic E-state index is 0.347. The second-order valence-corrected chi connectivity index (χ2v) is 4.69. The smallest absolute Gasteiger partial charge is 0.323 e. The second-order valence-electron chi connectivity index (χ2n) is 4.69. The molecule has 0 saturated heterocycles. The molecular formula is C14H18N4O2. The number of carbonyl (C=O) groups excluding carboxylic acids is 1. The van der Waals surface area contributed by atoms with Gasteiger partial charge in [-0.2, -0.15) is 5.10 Å². The lowest BCUT2D eigenvalue weighted by Crippen LogP contribution is -2.20. The third-order valence-electron chi connectivity index (χ3n) is 2.99. The summed E-state index contributed by atoms with van der Waals surface area (Å²) in [7, 11) is 0. The summed E-state index contributed by atoms with van der Waals surface area (Å²) in [4.78, 5) is 11.9. The number of amides is 2. The van der Waals surface area contributed by atoms with Crippen LogP contribution in [0.4, 0.5) is 16.2 Å². The van der Waals surface area contributed by atoms with Gasteiger partial charge in [0.1, 0.15) is 0 Å². The van der Waals surface area contributed by atoms with Gasteiger partial charge in [0.15, 0.2) is 0 Å². The van der Waals surface area contributed by atoms with Crippen LogP contribution in [0.15, 0.2) is 24.3 Å². The van der Waals surface area contributed by atoms with E-state index in [9.17, 15) is 9.90 Å². The van der Waals surface area contributed by atoms with E-state index in [1.165, 1.54) is 0 Å². The Labute approximate surface area is 117 Å². The maximum absolute atomic E-state index is 11.9. The quantitative estimate of drug-likeness (QED) is 0.693. The van der Waals surface area contributed by atoms with Gasteiger partial charge in [-0.3, -0.25) is 5.10 Å². The van der Waals surface area contributed by atoms with Gasteiger partial charge in [-0.25, -0.2) is 4.79 Å². The number of hydrogen-bond acceptors (Lipinski definition) is 3. The average molecular weight is 274 g/mol. The molecule has 1 unspecified atom stereocenters. The molecule has 6 heteroatoms. The van der Waals surface area contributed by atoms with Crippen LogP contribution in [0.25, 0.3) is 0 Å². The van der Waals surface area contributed by atoms with Gasteiger partial charge in [-0.05, 0) is 38.5 Å². The number of hydrogen-bond donors (Lipinski definition) is 4. The van der Waals surface area contributed by atoms with E-state index in [4.69, 9.17) is 0 Å². The van der Waals surface area contributed by atoms with Crippen molar-refractivity contribution in [1.29, 1.82) is 0 Å². The number of anilines is 2. The minimum Gasteiger partial charge on any atom is -0.389 e. The summed E-state index contributed by atoms with van der Waals surface area (Å²) in [5, 5.41) is 21.8. The number of nitrogens with zero attached hydrogens (tertiary/aromatic N) is 1. The zero-order valence-electron chi connectivity index (χ0n) is 11.7. The van der Waals surface area contributed by atoms with E-state index in [0.29, 0.717) is 11.4 Å². The highest BCUT2D eigenvalue weighted by atomic mass is 16.3. The molecule has 2 aromatic rings. The van der Waals surface area contributed by atoms with E-state index in [0.717, 1.165) is 17.0 Å². The molecule has 0 aliphatic heterocycles. The molecule has 0 aliphatic carbocycles. The van der Waals surface area contributed by atoms with Crippen LogP contribution in [-0.4, -0.2) is 21.3 Å². The first-order chi connectivity index (χ1) is 9.47. The molecule has 0 spiro atoms. The number of H-pyrrole nitrogens is 1. The number of aryl methyl sites for hydroxylation is 2. The van der Waals surface area contributed by atoms with Gasteiger partial charge in [-0.15, -0.1) is 0 Å². The number of benzene rings is 1. The highest BCUT2D eigenvalue weighted by Gasteiger charge is 2.10. The van der Waals surface area contributed by atoms with Gasteiger partial charge in [0.2, 0.25) is 0 Å². The van der Waals surface area contributed by atoms with Crippen molar-refractivity contribution < 1.29 is 9.90 Å². The lowest BCUT2D eigenvalue weighted by atomic mass is 10.1. The highest BCUT2D eigenvalue weighted by Crippen LogP contribution is 2.19. The molecule has 0 radical (unpaired) electrons. The lowest BCUT2D eigenvalue weighted by molar-refractivity contribution is 0.199. The Bertz CT molecular complexity index is 600. The highest BCUT2D eigenvalue weighted by molar-refractivity contribution is 6.00. The fraction of sp³-hybridized carbons (Fsp3) is 0.286. The van der Waals surface area contributed by atoms with Crippen molar-refractivity contribution >= 4 is 17.4 Å². The van der Waals surface area contributed by atoms with Crippen LogP contribution in [-0.2, 0) is 0 Å². The van der Waals surface area contributed by atoms with E-state index >= 15 is 0 Å². The molecule has 0 bridgehead atoms. The lowest BCUT2D eigenvalue weighted by Gasteiger charge is -2.10. The molecule has 1 atom stereocenters. The zero-order chi connectivity index (χ0) is 14.7. The van der Waals surface area contributed by atoms with E-state index in [1.54, 1.807) is 31.2 Å². The molecule has 6 nitrogen and oxygen atoms in total. The van der Waals surface area contributed by atoms with Crippen molar-refractivity contribution in [3.8, 4) is 0 Å². The molecule has 4 N–H and O–H groups in total. The predicted molar refractivity (Wildman–Crippen MR) is 77.8 cm³/mol. The molecule has 1 aromatic heterocycles. The molecule has 0 fully saturated rings. The summed E-state index contributed by atoms with van der Waals surface area (Å²) in [6, 6.07) is 6.74. The normalized spacial score (nSPS) is 12.0. The summed E-state index contributed by atoms with van der Waals surface area (Å²) in [5.41, 5.74) is 3.58. The summed E-state index contributed by atoms with van der Waals surface area (Å²) < 4.78 is 0. The van der Waals surface area contributed by atoms with Crippen molar-refractivity contribution in [2.75, 3.05) is 10.6 Å². The monoisotopic (exact) mass is 274 g/mol. The van der Waals surface area contributed by atoms with Gasteiger partial charge in [-0.1, -0.05) is 12.1 Å². The molecule has 106 valence electrons. The number of aliphatic hydroxyl groups excluding tert-OH is 1. The number of carbonyl (C=O) groups is 1. The average Bonchev–Trinajstić information content (AvgIpc) is 2.71. The second kappa shape index (κ2) is 5.75. The maximum Gasteiger partial charge on any atom is 0.323 e. The summed E-state index contributed by atoms with van der Waals surface area (Å²) in [6.45, 7) is 5.33. The summed E-state index contributed by atoms with van der Waals surface area (Å²) >= 11 is 0. The van der Waals surface area contributed by atoms with E-state index in [2.05, 4.69) is 20.8 Å². The Morgan fingerprint density at radius 2 is 2.10 bits per heavy atom. The first-order valence-electron chi connectivity index (χ1n) is 6.35. The van der Waals surface area contributed by atoms with Crippen LogP contribution in [0.5, 0.6) is 0 Å². The number of nitrogens with one attached hydrogen (secondary N) is 3. The fourth-order valence-corrected chi connectivity index (χ4v) is 1.89. The molecular weight excluding hydrogens is 256 g/mol. The molecule has 1 heterocycles. The Hall–Kier alpha value is -2.34. The van der Waals surface area contributed by atoms with E-state index in [-0.39, 0.29) is 6.03 Å². The van der Waals surface area contributed by atoms with Crippen LogP contribution in [0.3, 0.4) is 0 Å². The summed E-state index contributed by atoms with van der Waals surface area (Å²) in [5.74, 6) is 0. The molecule has 2 rings (SSSR count).